The summed E-state index contributed by atoms with van der Waals surface area (Å²) in [6.07, 6.45) is 0.927. The van der Waals surface area contributed by atoms with E-state index in [0.717, 1.165) is 19.6 Å². The number of carbonyl (C=O) groups is 1. The van der Waals surface area contributed by atoms with Crippen molar-refractivity contribution in [2.45, 2.75) is 33.0 Å². The molecule has 4 aromatic carbocycles. The van der Waals surface area contributed by atoms with Crippen molar-refractivity contribution in [1.29, 1.82) is 0 Å². The monoisotopic (exact) mass is 820 g/mol. The van der Waals surface area contributed by atoms with E-state index in [1.807, 2.05) is 0 Å². The quantitative estimate of drug-likeness (QED) is 0.0607. The maximum absolute atomic E-state index is 10.0. The Balaban J connectivity index is 0. The van der Waals surface area contributed by atoms with Gasteiger partial charge < -0.3 is 24.9 Å². The second-order valence-corrected chi connectivity index (χ2v) is 15.8. The summed E-state index contributed by atoms with van der Waals surface area (Å²) in [5.41, 5.74) is 0. The van der Waals surface area contributed by atoms with Gasteiger partial charge in [0.15, 0.2) is 0 Å². The van der Waals surface area contributed by atoms with Gasteiger partial charge in [-0.3, -0.25) is 11.7 Å². The predicted octanol–water partition coefficient (Wildman–Crippen LogP) is 4.33. The summed E-state index contributed by atoms with van der Waals surface area (Å²) in [5, 5.41) is 30.4. The molecule has 0 heterocycles. The van der Waals surface area contributed by atoms with Gasteiger partial charge >= 0.3 is 33.0 Å². The Hall–Kier alpha value is -2.37. The van der Waals surface area contributed by atoms with Crippen molar-refractivity contribution in [2.75, 3.05) is 45.7 Å². The molecule has 11 heteroatoms. The molecule has 2 atom stereocenters. The van der Waals surface area contributed by atoms with Crippen LogP contribution in [0.1, 0.15) is 22.2 Å². The summed E-state index contributed by atoms with van der Waals surface area (Å²) < 4.78 is 4.12. The molecule has 0 fully saturated rings. The normalized spacial score (nSPS) is 11.3. The van der Waals surface area contributed by atoms with E-state index in [2.05, 4.69) is 154 Å². The second kappa shape index (κ2) is 30.5. The molecule has 4 aromatic rings. The average molecular weight is 820 g/mol. The molecule has 0 unspecified atom stereocenters. The fourth-order valence-corrected chi connectivity index (χ4v) is 9.89. The minimum Gasteiger partial charge on any atom is 0 e. The molecule has 7 nitrogen and oxygen atoms in total. The van der Waals surface area contributed by atoms with Crippen LogP contribution in [0.25, 0.3) is 0 Å². The molecular formula is C38H55ClNO6P2Ru+3. The summed E-state index contributed by atoms with van der Waals surface area (Å²) in [6, 6.07) is 44.6. The molecule has 270 valence electrons. The van der Waals surface area contributed by atoms with Crippen LogP contribution in [0.5, 0.6) is 0 Å². The first-order valence-electron chi connectivity index (χ1n) is 15.9. The van der Waals surface area contributed by atoms with Crippen LogP contribution in [0.2, 0.25) is 0 Å². The summed E-state index contributed by atoms with van der Waals surface area (Å²) in [5.74, 6) is -0.597. The molecule has 0 amide bonds. The molecule has 0 bridgehead atoms. The first-order valence-corrected chi connectivity index (χ1v) is 21.7. The first kappa shape index (κ1) is 46.6. The van der Waals surface area contributed by atoms with Crippen molar-refractivity contribution in [3.63, 3.8) is 0 Å². The van der Waals surface area contributed by atoms with Crippen LogP contribution in [0.3, 0.4) is 0 Å². The van der Waals surface area contributed by atoms with E-state index in [-0.39, 0.29) is 8.03 Å². The number of methoxy groups -OCH3 is 1. The number of hydrogen-bond donors (Lipinski definition) is 3. The number of carbonyl (C=O) groups excluding carboxylic acids is 2. The number of aliphatic hydroxyl groups is 3. The van der Waals surface area contributed by atoms with Gasteiger partial charge in [-0.1, -0.05) is 79.7 Å². The van der Waals surface area contributed by atoms with E-state index >= 15 is 0 Å². The molecule has 0 radical (unpaired) electrons. The predicted molar refractivity (Wildman–Crippen MR) is 211 cm³/mol. The van der Waals surface area contributed by atoms with Crippen LogP contribution < -0.4 is 21.2 Å². The number of esters is 1. The third-order valence-corrected chi connectivity index (χ3v) is 12.7. The Bertz CT molecular complexity index is 1170. The van der Waals surface area contributed by atoms with Crippen LogP contribution in [0.4, 0.5) is 0 Å². The topological polar surface area (TPSA) is 107 Å². The van der Waals surface area contributed by atoms with Crippen molar-refractivity contribution >= 4 is 59.5 Å². The summed E-state index contributed by atoms with van der Waals surface area (Å²) >= 11 is 1.62. The molecule has 0 spiro atoms. The van der Waals surface area contributed by atoms with E-state index in [0.29, 0.717) is 0 Å². The molecule has 49 heavy (non-hydrogen) atoms. The molecule has 0 saturated heterocycles. The van der Waals surface area contributed by atoms with Gasteiger partial charge in [0.2, 0.25) is 0 Å². The Morgan fingerprint density at radius 3 is 1.16 bits per heavy atom. The third kappa shape index (κ3) is 20.2. The van der Waals surface area contributed by atoms with Crippen molar-refractivity contribution in [1.82, 2.24) is 4.90 Å². The Morgan fingerprint density at radius 1 is 0.735 bits per heavy atom. The minimum absolute atomic E-state index is 0. The van der Waals surface area contributed by atoms with E-state index < -0.39 is 34.0 Å². The number of hydrogen-bond acceptors (Lipinski definition) is 7. The maximum Gasteiger partial charge on any atom is 0 e. The average Bonchev–Trinajstić information content (AvgIpc) is 3.17. The molecule has 4 rings (SSSR count). The van der Waals surface area contributed by atoms with Gasteiger partial charge in [0.05, 0.1) is 69.2 Å². The van der Waals surface area contributed by atoms with E-state index in [1.165, 1.54) is 54.5 Å². The van der Waals surface area contributed by atoms with E-state index in [1.54, 1.807) is 17.3 Å². The van der Waals surface area contributed by atoms with Crippen LogP contribution in [0, 0.1) is 0 Å². The number of ether oxygens (including phenoxy) is 1. The minimum atomic E-state index is -0.995. The standard InChI is InChI=1S/C30H33NP2.C4H8O3.C3H8O2.CHO.ClH.Ru.H2.H/c1-2-31(23-25-32(27-15-7-3-8-16-27)28-17-9-4-10-18-28)24-26-33(29-19-11-5-12-20-29)30-21-13-6-14-22-30;1-3(5)4(6)7-2;1-3(5)2-4;1-2;;;;/h3-22H,2,23-26H2,1H3;3,5H,1-2H3;3-5H,2H2,1H3;1H;1H;;1H;/q;;;-1;;+3;;/p+1/t;2*3-;;;;;/m.11...../s1. The third-order valence-electron chi connectivity index (χ3n) is 7.10. The second-order valence-electron chi connectivity index (χ2n) is 10.6. The Kier molecular flexibility index (Phi) is 29.0. The van der Waals surface area contributed by atoms with Gasteiger partial charge in [0.1, 0.15) is 6.10 Å². The van der Waals surface area contributed by atoms with Gasteiger partial charge in [-0.2, -0.15) is 0 Å². The fourth-order valence-electron chi connectivity index (χ4n) is 4.61. The number of benzene rings is 4. The smallest absolute Gasteiger partial charge is 0 e. The zero-order valence-corrected chi connectivity index (χ0v) is 33.4. The number of aliphatic hydroxyl groups excluding tert-OH is 3. The summed E-state index contributed by atoms with van der Waals surface area (Å²) in [7, 11) is 4.28. The first-order chi connectivity index (χ1) is 23.8. The largest absolute Gasteiger partial charge is 0 e. The van der Waals surface area contributed by atoms with Crippen LogP contribution in [-0.2, 0) is 31.6 Å². The Labute approximate surface area is 311 Å². The van der Waals surface area contributed by atoms with Gasteiger partial charge in [-0.25, -0.2) is 4.79 Å². The molecule has 0 saturated carbocycles. The summed E-state index contributed by atoms with van der Waals surface area (Å²) in [6.45, 7) is 11.7. The number of halogens is 1. The zero-order valence-electron chi connectivity index (χ0n) is 28.8. The van der Waals surface area contributed by atoms with Crippen LogP contribution >= 0.6 is 25.5 Å². The van der Waals surface area contributed by atoms with Crippen LogP contribution in [-0.4, -0.2) is 90.9 Å². The summed E-state index contributed by atoms with van der Waals surface area (Å²) in [4.78, 5) is 20.5. The van der Waals surface area contributed by atoms with Gasteiger partial charge in [-0.05, 0) is 68.9 Å². The number of nitrogens with zero attached hydrogens (tertiary/aromatic N) is 1. The molecule has 3 N–H and O–H groups in total. The van der Waals surface area contributed by atoms with Crippen LogP contribution in [0.15, 0.2) is 121 Å². The van der Waals surface area contributed by atoms with Gasteiger partial charge in [0, 0.05) is 14.5 Å². The van der Waals surface area contributed by atoms with Crippen molar-refractivity contribution < 1.29 is 48.4 Å². The SMILES string of the molecule is CCN(CC[PH+](c1ccccc1)c1ccccc1)CC[PH+](c1ccccc1)c1ccccc1.COC(=O)[C@@H](C)O.C[C@@H](O)CO.[CH-]=O.[Cl][RuH+2].[HH]. The van der Waals surface area contributed by atoms with Crippen molar-refractivity contribution in [3.05, 3.63) is 121 Å². The van der Waals surface area contributed by atoms with Crippen molar-refractivity contribution in [2.24, 2.45) is 0 Å². The molecule has 0 aliphatic carbocycles. The van der Waals surface area contributed by atoms with E-state index in [4.69, 9.17) is 20.1 Å². The zero-order chi connectivity index (χ0) is 36.9. The van der Waals surface area contributed by atoms with Gasteiger partial charge in [-0.15, -0.1) is 0 Å². The molecular weight excluding hydrogens is 765 g/mol. The van der Waals surface area contributed by atoms with Gasteiger partial charge in [0.25, 0.3) is 0 Å². The van der Waals surface area contributed by atoms with Crippen molar-refractivity contribution in [3.8, 4) is 0 Å². The number of rotatable bonds is 13. The molecule has 0 aromatic heterocycles. The molecule has 0 aliphatic rings. The molecule has 0 aliphatic heterocycles. The van der Waals surface area contributed by atoms with E-state index in [9.17, 15) is 4.79 Å². The Morgan fingerprint density at radius 2 is 1.00 bits per heavy atom. The maximum atomic E-state index is 10.0. The fraction of sp³-hybridized carbons (Fsp3) is 0.316.